The lowest BCUT2D eigenvalue weighted by molar-refractivity contribution is 0.414. The van der Waals surface area contributed by atoms with Crippen LogP contribution in [0.2, 0.25) is 0 Å². The van der Waals surface area contributed by atoms with Crippen molar-refractivity contribution >= 4 is 22.7 Å². The summed E-state index contributed by atoms with van der Waals surface area (Å²) in [7, 11) is 1.69. The van der Waals surface area contributed by atoms with Crippen LogP contribution in [0.15, 0.2) is 47.2 Å². The molecule has 120 valence electrons. The minimum atomic E-state index is 0.245. The van der Waals surface area contributed by atoms with Crippen molar-refractivity contribution in [2.75, 3.05) is 7.11 Å². The Labute approximate surface area is 145 Å². The van der Waals surface area contributed by atoms with Gasteiger partial charge in [0.15, 0.2) is 0 Å². The normalized spacial score (nSPS) is 12.3. The topological polar surface area (TPSA) is 34.1 Å². The summed E-state index contributed by atoms with van der Waals surface area (Å²) in [6, 6.07) is 12.7. The standard InChI is InChI=1S/C18H20N2OS2/c1-13-12-23-18(20-13)17(10-16-4-3-9-22-16)19-11-14-5-7-15(21-2)8-6-14/h3-9,12,17,19H,10-11H2,1-2H3. The number of aryl methyl sites for hydroxylation is 1. The Kier molecular flexibility index (Phi) is 5.43. The summed E-state index contributed by atoms with van der Waals surface area (Å²) in [6.07, 6.45) is 0.973. The van der Waals surface area contributed by atoms with Crippen LogP contribution < -0.4 is 10.1 Å². The second-order valence-electron chi connectivity index (χ2n) is 5.39. The summed E-state index contributed by atoms with van der Waals surface area (Å²) in [6.45, 7) is 2.87. The fourth-order valence-electron chi connectivity index (χ4n) is 2.39. The zero-order valence-electron chi connectivity index (χ0n) is 13.3. The Balaban J connectivity index is 1.70. The summed E-state index contributed by atoms with van der Waals surface area (Å²) >= 11 is 3.53. The van der Waals surface area contributed by atoms with Gasteiger partial charge in [0.2, 0.25) is 0 Å². The van der Waals surface area contributed by atoms with E-state index in [9.17, 15) is 0 Å². The lowest BCUT2D eigenvalue weighted by atomic mass is 10.1. The highest BCUT2D eigenvalue weighted by atomic mass is 32.1. The highest BCUT2D eigenvalue weighted by molar-refractivity contribution is 7.10. The molecule has 1 N–H and O–H groups in total. The third-order valence-corrected chi connectivity index (χ3v) is 5.61. The number of thiazole rings is 1. The van der Waals surface area contributed by atoms with Crippen molar-refractivity contribution in [1.29, 1.82) is 0 Å². The Morgan fingerprint density at radius 3 is 2.61 bits per heavy atom. The predicted octanol–water partition coefficient (Wildman–Crippen LogP) is 4.60. The second-order valence-corrected chi connectivity index (χ2v) is 7.31. The van der Waals surface area contributed by atoms with Gasteiger partial charge in [0.1, 0.15) is 10.8 Å². The first-order valence-electron chi connectivity index (χ1n) is 7.55. The van der Waals surface area contributed by atoms with Crippen molar-refractivity contribution < 1.29 is 4.74 Å². The molecule has 3 nitrogen and oxygen atoms in total. The number of benzene rings is 1. The van der Waals surface area contributed by atoms with Gasteiger partial charge in [-0.05, 0) is 36.1 Å². The van der Waals surface area contributed by atoms with Crippen molar-refractivity contribution in [2.24, 2.45) is 0 Å². The van der Waals surface area contributed by atoms with Crippen LogP contribution in [0.25, 0.3) is 0 Å². The average molecular weight is 345 g/mol. The fourth-order valence-corrected chi connectivity index (χ4v) is 4.02. The molecule has 0 radical (unpaired) electrons. The fraction of sp³-hybridized carbons (Fsp3) is 0.278. The molecule has 1 aromatic carbocycles. The van der Waals surface area contributed by atoms with Crippen LogP contribution in [-0.2, 0) is 13.0 Å². The molecule has 2 heterocycles. The summed E-state index contributed by atoms with van der Waals surface area (Å²) in [5, 5.41) is 9.06. The smallest absolute Gasteiger partial charge is 0.118 e. The molecule has 2 aromatic heterocycles. The molecule has 0 saturated carbocycles. The van der Waals surface area contributed by atoms with Gasteiger partial charge < -0.3 is 10.1 Å². The van der Waals surface area contributed by atoms with Gasteiger partial charge in [-0.25, -0.2) is 4.98 Å². The van der Waals surface area contributed by atoms with Crippen LogP contribution in [0.1, 0.15) is 27.2 Å². The Morgan fingerprint density at radius 1 is 1.17 bits per heavy atom. The van der Waals surface area contributed by atoms with Gasteiger partial charge in [-0.15, -0.1) is 22.7 Å². The van der Waals surface area contributed by atoms with E-state index in [-0.39, 0.29) is 6.04 Å². The van der Waals surface area contributed by atoms with Crippen LogP contribution >= 0.6 is 22.7 Å². The molecular formula is C18H20N2OS2. The molecule has 5 heteroatoms. The van der Waals surface area contributed by atoms with E-state index < -0.39 is 0 Å². The Hall–Kier alpha value is -1.69. The molecule has 0 aliphatic rings. The monoisotopic (exact) mass is 344 g/mol. The lowest BCUT2D eigenvalue weighted by Gasteiger charge is -2.16. The molecule has 0 bridgehead atoms. The van der Waals surface area contributed by atoms with Gasteiger partial charge >= 0.3 is 0 Å². The first-order chi connectivity index (χ1) is 11.2. The molecule has 3 aromatic rings. The quantitative estimate of drug-likeness (QED) is 0.680. The highest BCUT2D eigenvalue weighted by Crippen LogP contribution is 2.24. The average Bonchev–Trinajstić information content (AvgIpc) is 3.23. The summed E-state index contributed by atoms with van der Waals surface area (Å²) in [5.74, 6) is 0.888. The zero-order chi connectivity index (χ0) is 16.1. The van der Waals surface area contributed by atoms with Gasteiger partial charge in [0.05, 0.1) is 13.2 Å². The molecule has 1 unspecified atom stereocenters. The molecule has 0 aliphatic carbocycles. The van der Waals surface area contributed by atoms with Gasteiger partial charge in [-0.3, -0.25) is 0 Å². The van der Waals surface area contributed by atoms with Gasteiger partial charge in [-0.2, -0.15) is 0 Å². The van der Waals surface area contributed by atoms with E-state index in [0.717, 1.165) is 29.4 Å². The minimum Gasteiger partial charge on any atom is -0.497 e. The number of hydrogen-bond acceptors (Lipinski definition) is 5. The number of rotatable bonds is 7. The van der Waals surface area contributed by atoms with Crippen molar-refractivity contribution in [3.63, 3.8) is 0 Å². The Morgan fingerprint density at radius 2 is 2.00 bits per heavy atom. The maximum atomic E-state index is 5.21. The van der Waals surface area contributed by atoms with Gasteiger partial charge in [0.25, 0.3) is 0 Å². The third-order valence-electron chi connectivity index (χ3n) is 3.63. The largest absolute Gasteiger partial charge is 0.497 e. The Bertz CT molecular complexity index is 720. The number of thiophene rings is 1. The second kappa shape index (κ2) is 7.73. The highest BCUT2D eigenvalue weighted by Gasteiger charge is 2.16. The third kappa shape index (κ3) is 4.41. The molecule has 3 rings (SSSR count). The van der Waals surface area contributed by atoms with Crippen molar-refractivity contribution in [2.45, 2.75) is 25.9 Å². The number of methoxy groups -OCH3 is 1. The number of nitrogens with one attached hydrogen (secondary N) is 1. The minimum absolute atomic E-state index is 0.245. The van der Waals surface area contributed by atoms with Crippen LogP contribution in [-0.4, -0.2) is 12.1 Å². The molecule has 0 amide bonds. The van der Waals surface area contributed by atoms with Crippen molar-refractivity contribution in [1.82, 2.24) is 10.3 Å². The molecule has 0 spiro atoms. The number of hydrogen-bond donors (Lipinski definition) is 1. The van der Waals surface area contributed by atoms with E-state index >= 15 is 0 Å². The molecule has 0 saturated heterocycles. The van der Waals surface area contributed by atoms with Crippen LogP contribution in [0.3, 0.4) is 0 Å². The van der Waals surface area contributed by atoms with Crippen molar-refractivity contribution in [3.8, 4) is 5.75 Å². The number of nitrogens with zero attached hydrogens (tertiary/aromatic N) is 1. The van der Waals surface area contributed by atoms with Crippen molar-refractivity contribution in [3.05, 3.63) is 68.3 Å². The first-order valence-corrected chi connectivity index (χ1v) is 9.31. The maximum Gasteiger partial charge on any atom is 0.118 e. The summed E-state index contributed by atoms with van der Waals surface area (Å²) in [4.78, 5) is 6.05. The predicted molar refractivity (Wildman–Crippen MR) is 97.4 cm³/mol. The number of aromatic nitrogens is 1. The maximum absolute atomic E-state index is 5.21. The molecule has 0 fully saturated rings. The van der Waals surface area contributed by atoms with Crippen LogP contribution in [0.5, 0.6) is 5.75 Å². The zero-order valence-corrected chi connectivity index (χ0v) is 14.9. The van der Waals surface area contributed by atoms with E-state index in [1.165, 1.54) is 10.4 Å². The van der Waals surface area contributed by atoms with Crippen LogP contribution in [0, 0.1) is 6.92 Å². The summed E-state index contributed by atoms with van der Waals surface area (Å²) < 4.78 is 5.21. The van der Waals surface area contributed by atoms with E-state index in [1.54, 1.807) is 29.8 Å². The van der Waals surface area contributed by atoms with Crippen LogP contribution in [0.4, 0.5) is 0 Å². The van der Waals surface area contributed by atoms with Gasteiger partial charge in [0, 0.05) is 28.9 Å². The number of ether oxygens (including phenoxy) is 1. The lowest BCUT2D eigenvalue weighted by Crippen LogP contribution is -2.22. The first kappa shape index (κ1) is 16.2. The molecule has 0 aliphatic heterocycles. The molecular weight excluding hydrogens is 324 g/mol. The molecule has 1 atom stereocenters. The van der Waals surface area contributed by atoms with Gasteiger partial charge in [-0.1, -0.05) is 18.2 Å². The summed E-state index contributed by atoms with van der Waals surface area (Å²) in [5.41, 5.74) is 2.34. The SMILES string of the molecule is COc1ccc(CNC(Cc2cccs2)c2nc(C)cs2)cc1. The van der Waals surface area contributed by atoms with E-state index in [2.05, 4.69) is 45.3 Å². The van der Waals surface area contributed by atoms with E-state index in [0.29, 0.717) is 0 Å². The van der Waals surface area contributed by atoms with E-state index in [4.69, 9.17) is 4.74 Å². The molecule has 23 heavy (non-hydrogen) atoms. The van der Waals surface area contributed by atoms with E-state index in [1.807, 2.05) is 19.1 Å².